The van der Waals surface area contributed by atoms with Gasteiger partial charge in [0.25, 0.3) is 0 Å². The molecule has 1 aromatic rings. The molecule has 4 heteroatoms. The third kappa shape index (κ3) is 5.21. The molecule has 0 aromatic heterocycles. The van der Waals surface area contributed by atoms with Crippen LogP contribution in [0.3, 0.4) is 0 Å². The average molecular weight is 251 g/mol. The summed E-state index contributed by atoms with van der Waals surface area (Å²) in [7, 11) is 1.59. The van der Waals surface area contributed by atoms with Gasteiger partial charge in [0.2, 0.25) is 0 Å². The second kappa shape index (κ2) is 7.74. The van der Waals surface area contributed by atoms with Crippen molar-refractivity contribution in [1.82, 2.24) is 5.32 Å². The Bertz CT molecular complexity index is 379. The van der Waals surface area contributed by atoms with Crippen LogP contribution in [0.1, 0.15) is 6.92 Å². The third-order valence-corrected chi connectivity index (χ3v) is 2.31. The Balaban J connectivity index is 2.33. The summed E-state index contributed by atoms with van der Waals surface area (Å²) in [5.41, 5.74) is 1.04. The van der Waals surface area contributed by atoms with E-state index in [-0.39, 0.29) is 6.61 Å². The van der Waals surface area contributed by atoms with Crippen molar-refractivity contribution in [3.8, 4) is 11.5 Å². The van der Waals surface area contributed by atoms with Crippen LogP contribution in [0.4, 0.5) is 0 Å². The zero-order chi connectivity index (χ0) is 13.4. The molecule has 0 aliphatic carbocycles. The first-order chi connectivity index (χ1) is 8.63. The first-order valence-corrected chi connectivity index (χ1v) is 5.92. The van der Waals surface area contributed by atoms with Gasteiger partial charge in [0, 0.05) is 13.1 Å². The summed E-state index contributed by atoms with van der Waals surface area (Å²) >= 11 is 0. The van der Waals surface area contributed by atoms with Gasteiger partial charge in [0.1, 0.15) is 12.7 Å². The molecule has 1 atom stereocenters. The number of hydrogen-bond donors (Lipinski definition) is 2. The second-order valence-corrected chi connectivity index (χ2v) is 4.20. The monoisotopic (exact) mass is 251 g/mol. The molecule has 18 heavy (non-hydrogen) atoms. The number of aliphatic hydroxyl groups is 1. The Labute approximate surface area is 108 Å². The van der Waals surface area contributed by atoms with Gasteiger partial charge >= 0.3 is 0 Å². The van der Waals surface area contributed by atoms with Gasteiger partial charge in [0.05, 0.1) is 7.11 Å². The highest BCUT2D eigenvalue weighted by Crippen LogP contribution is 2.25. The van der Waals surface area contributed by atoms with E-state index in [0.717, 1.165) is 5.57 Å². The molecule has 1 aromatic carbocycles. The number of benzene rings is 1. The van der Waals surface area contributed by atoms with Crippen molar-refractivity contribution in [1.29, 1.82) is 0 Å². The topological polar surface area (TPSA) is 50.7 Å². The summed E-state index contributed by atoms with van der Waals surface area (Å²) in [6, 6.07) is 7.37. The summed E-state index contributed by atoms with van der Waals surface area (Å²) in [6.07, 6.45) is -0.561. The van der Waals surface area contributed by atoms with E-state index in [1.54, 1.807) is 7.11 Å². The Hall–Kier alpha value is -1.52. The summed E-state index contributed by atoms with van der Waals surface area (Å²) in [5.74, 6) is 1.30. The molecule has 0 radical (unpaired) electrons. The molecule has 0 saturated carbocycles. The fourth-order valence-electron chi connectivity index (χ4n) is 1.44. The smallest absolute Gasteiger partial charge is 0.161 e. The van der Waals surface area contributed by atoms with Gasteiger partial charge in [-0.05, 0) is 19.1 Å². The van der Waals surface area contributed by atoms with Crippen molar-refractivity contribution in [2.24, 2.45) is 0 Å². The lowest BCUT2D eigenvalue weighted by molar-refractivity contribution is 0.105. The molecule has 0 aliphatic heterocycles. The molecule has 0 fully saturated rings. The highest BCUT2D eigenvalue weighted by molar-refractivity contribution is 5.39. The van der Waals surface area contributed by atoms with Crippen LogP contribution in [-0.4, -0.2) is 38.0 Å². The van der Waals surface area contributed by atoms with Crippen LogP contribution in [0.5, 0.6) is 11.5 Å². The maximum absolute atomic E-state index is 9.73. The van der Waals surface area contributed by atoms with Crippen LogP contribution in [0, 0.1) is 0 Å². The van der Waals surface area contributed by atoms with Crippen molar-refractivity contribution < 1.29 is 14.6 Å². The fraction of sp³-hybridized carbons (Fsp3) is 0.429. The van der Waals surface area contributed by atoms with Gasteiger partial charge in [-0.2, -0.15) is 0 Å². The minimum atomic E-state index is -0.561. The summed E-state index contributed by atoms with van der Waals surface area (Å²) < 4.78 is 10.7. The highest BCUT2D eigenvalue weighted by Gasteiger charge is 2.07. The standard InChI is InChI=1S/C14H21NO3/c1-11(2)8-15-9-12(16)10-18-14-7-5-4-6-13(14)17-3/h4-7,12,15-16H,1,8-10H2,2-3H3. The number of methoxy groups -OCH3 is 1. The summed E-state index contributed by atoms with van der Waals surface area (Å²) in [6.45, 7) is 7.11. The van der Waals surface area contributed by atoms with E-state index in [0.29, 0.717) is 24.6 Å². The van der Waals surface area contributed by atoms with Crippen molar-refractivity contribution in [3.63, 3.8) is 0 Å². The van der Waals surface area contributed by atoms with Gasteiger partial charge in [0.15, 0.2) is 11.5 Å². The Morgan fingerprint density at radius 2 is 2.06 bits per heavy atom. The summed E-state index contributed by atoms with van der Waals surface area (Å²) in [4.78, 5) is 0. The van der Waals surface area contributed by atoms with E-state index in [4.69, 9.17) is 9.47 Å². The molecule has 4 nitrogen and oxygen atoms in total. The number of ether oxygens (including phenoxy) is 2. The minimum Gasteiger partial charge on any atom is -0.493 e. The van der Waals surface area contributed by atoms with E-state index in [9.17, 15) is 5.11 Å². The molecule has 0 bridgehead atoms. The lowest BCUT2D eigenvalue weighted by Crippen LogP contribution is -2.32. The molecule has 0 spiro atoms. The predicted octanol–water partition coefficient (Wildman–Crippen LogP) is 1.60. The van der Waals surface area contributed by atoms with Gasteiger partial charge in [-0.1, -0.05) is 24.3 Å². The molecular weight excluding hydrogens is 230 g/mol. The maximum atomic E-state index is 9.73. The maximum Gasteiger partial charge on any atom is 0.161 e. The average Bonchev–Trinajstić information content (AvgIpc) is 2.36. The summed E-state index contributed by atoms with van der Waals surface area (Å²) in [5, 5.41) is 12.8. The largest absolute Gasteiger partial charge is 0.493 e. The fourth-order valence-corrected chi connectivity index (χ4v) is 1.44. The number of rotatable bonds is 8. The molecule has 0 saturated heterocycles. The normalized spacial score (nSPS) is 11.9. The van der Waals surface area contributed by atoms with E-state index >= 15 is 0 Å². The lowest BCUT2D eigenvalue weighted by Gasteiger charge is -2.14. The minimum absolute atomic E-state index is 0.226. The first-order valence-electron chi connectivity index (χ1n) is 5.92. The molecule has 0 aliphatic rings. The number of para-hydroxylation sites is 2. The molecule has 1 rings (SSSR count). The SMILES string of the molecule is C=C(C)CNCC(O)COc1ccccc1OC. The van der Waals surface area contributed by atoms with E-state index < -0.39 is 6.10 Å². The van der Waals surface area contributed by atoms with Crippen molar-refractivity contribution in [3.05, 3.63) is 36.4 Å². The van der Waals surface area contributed by atoms with Gasteiger partial charge in [-0.15, -0.1) is 0 Å². The quantitative estimate of drug-likeness (QED) is 0.689. The highest BCUT2D eigenvalue weighted by atomic mass is 16.5. The number of hydrogen-bond acceptors (Lipinski definition) is 4. The first kappa shape index (κ1) is 14.5. The zero-order valence-electron chi connectivity index (χ0n) is 11.0. The Kier molecular flexibility index (Phi) is 6.25. The van der Waals surface area contributed by atoms with Crippen LogP contribution in [0.2, 0.25) is 0 Å². The van der Waals surface area contributed by atoms with Crippen LogP contribution in [-0.2, 0) is 0 Å². The van der Waals surface area contributed by atoms with Crippen molar-refractivity contribution >= 4 is 0 Å². The molecule has 2 N–H and O–H groups in total. The van der Waals surface area contributed by atoms with Crippen LogP contribution < -0.4 is 14.8 Å². The molecular formula is C14H21NO3. The lowest BCUT2D eigenvalue weighted by atomic mass is 10.3. The van der Waals surface area contributed by atoms with Crippen LogP contribution in [0.15, 0.2) is 36.4 Å². The van der Waals surface area contributed by atoms with Gasteiger partial charge in [-0.3, -0.25) is 0 Å². The molecule has 0 amide bonds. The number of nitrogens with one attached hydrogen (secondary N) is 1. The molecule has 1 unspecified atom stereocenters. The second-order valence-electron chi connectivity index (χ2n) is 4.20. The van der Waals surface area contributed by atoms with E-state index in [1.807, 2.05) is 31.2 Å². The Morgan fingerprint density at radius 1 is 1.39 bits per heavy atom. The van der Waals surface area contributed by atoms with E-state index in [1.165, 1.54) is 0 Å². The molecule has 100 valence electrons. The van der Waals surface area contributed by atoms with Crippen molar-refractivity contribution in [2.45, 2.75) is 13.0 Å². The Morgan fingerprint density at radius 3 is 2.67 bits per heavy atom. The van der Waals surface area contributed by atoms with Crippen LogP contribution >= 0.6 is 0 Å². The molecule has 0 heterocycles. The zero-order valence-corrected chi connectivity index (χ0v) is 11.0. The van der Waals surface area contributed by atoms with Crippen molar-refractivity contribution in [2.75, 3.05) is 26.8 Å². The third-order valence-electron chi connectivity index (χ3n) is 2.31. The van der Waals surface area contributed by atoms with E-state index in [2.05, 4.69) is 11.9 Å². The van der Waals surface area contributed by atoms with Gasteiger partial charge in [-0.25, -0.2) is 0 Å². The predicted molar refractivity (Wildman–Crippen MR) is 72.2 cm³/mol. The number of aliphatic hydroxyl groups excluding tert-OH is 1. The van der Waals surface area contributed by atoms with Crippen LogP contribution in [0.25, 0.3) is 0 Å². The van der Waals surface area contributed by atoms with Gasteiger partial charge < -0.3 is 19.9 Å².